The molecule has 0 amide bonds. The molecule has 2 saturated heterocycles. The molecule has 730 valence electrons. The van der Waals surface area contributed by atoms with Gasteiger partial charge in [0.05, 0.1) is 64.7 Å². The van der Waals surface area contributed by atoms with Crippen molar-refractivity contribution in [2.75, 3.05) is 57.3 Å². The lowest BCUT2D eigenvalue weighted by Gasteiger charge is -2.30. The number of nitriles is 4. The van der Waals surface area contributed by atoms with Gasteiger partial charge in [0, 0.05) is 94.2 Å². The zero-order chi connectivity index (χ0) is 98.9. The van der Waals surface area contributed by atoms with Crippen LogP contribution in [-0.2, 0) is 50.5 Å². The Labute approximate surface area is 819 Å². The maximum Gasteiger partial charge on any atom is 0.258 e. The van der Waals surface area contributed by atoms with Crippen LogP contribution in [-0.4, -0.2) is 161 Å². The SMILES string of the molecule is CC(C)Oc1ccc(-c2nc(-c3cccc4c3CC[C@@H]4NS(=O)(=O)CCN3CCCCC3)no2)cc1C#N.CC1CCN(CCS(=O)(=O)N[C@H]2CCc3c(-c4noc(-c5ccc(OC(C)C)c(C#N)c5)n4)cccc32)CC1.CCC(=O)CN[C@@H]1CCc2c(-c3noc(-c4ccc(OC(C)C)c(C#N)c4)n3)cccc21.CC[C@H](C)N[C@H]1CCc2c(-c3noc(-c4ccc(OC(C)C)c(C#N)c4)n3)cccc21. The first-order chi connectivity index (χ1) is 67.5. The van der Waals surface area contributed by atoms with Crippen LogP contribution in [0.5, 0.6) is 23.0 Å². The Bertz CT molecular complexity index is 6800. The summed E-state index contributed by atoms with van der Waals surface area (Å²) in [5.41, 5.74) is 16.8. The number of nitrogens with zero attached hydrogens (tertiary/aromatic N) is 14. The molecule has 2 aliphatic heterocycles. The highest BCUT2D eigenvalue weighted by atomic mass is 32.2. The van der Waals surface area contributed by atoms with E-state index < -0.39 is 20.0 Å². The monoisotopic (exact) mass is 1930 g/mol. The van der Waals surface area contributed by atoms with Gasteiger partial charge >= 0.3 is 0 Å². The van der Waals surface area contributed by atoms with Gasteiger partial charge in [0.15, 0.2) is 0 Å². The van der Waals surface area contributed by atoms with E-state index in [-0.39, 0.29) is 59.8 Å². The molecule has 5 atom stereocenters. The second-order valence-electron chi connectivity index (χ2n) is 37.6. The minimum absolute atomic E-state index is 0.00763. The van der Waals surface area contributed by atoms with E-state index >= 15 is 0 Å². The fourth-order valence-corrected chi connectivity index (χ4v) is 21.2. The third-order valence-corrected chi connectivity index (χ3v) is 28.7. The highest BCUT2D eigenvalue weighted by Gasteiger charge is 2.35. The molecule has 4 N–H and O–H groups in total. The molecule has 0 bridgehead atoms. The summed E-state index contributed by atoms with van der Waals surface area (Å²) in [5, 5.41) is 62.0. The first-order valence-electron chi connectivity index (χ1n) is 48.7. The van der Waals surface area contributed by atoms with Gasteiger partial charge in [-0.25, -0.2) is 26.3 Å². The fraction of sp³-hybridized carbons (Fsp3) is 0.430. The zero-order valence-corrected chi connectivity index (χ0v) is 83.1. The highest BCUT2D eigenvalue weighted by Crippen LogP contribution is 2.44. The van der Waals surface area contributed by atoms with Crippen LogP contribution in [0, 0.1) is 51.2 Å². The summed E-state index contributed by atoms with van der Waals surface area (Å²) >= 11 is 0. The van der Waals surface area contributed by atoms with E-state index in [0.29, 0.717) is 178 Å². The van der Waals surface area contributed by atoms with Crippen LogP contribution >= 0.6 is 0 Å². The predicted molar refractivity (Wildman–Crippen MR) is 532 cm³/mol. The molecule has 12 aromatic rings. The Kier molecular flexibility index (Phi) is 33.5. The van der Waals surface area contributed by atoms with Crippen LogP contribution in [0.3, 0.4) is 0 Å². The molecular formula is C107H122N18O13S2. The Hall–Kier alpha value is -13.2. The number of hydrogen-bond acceptors (Lipinski definition) is 29. The van der Waals surface area contributed by atoms with Crippen molar-refractivity contribution in [3.63, 3.8) is 0 Å². The molecule has 33 heteroatoms. The van der Waals surface area contributed by atoms with Crippen molar-refractivity contribution in [2.24, 2.45) is 5.92 Å². The lowest BCUT2D eigenvalue weighted by atomic mass is 9.99. The van der Waals surface area contributed by atoms with Gasteiger partial charge in [0.25, 0.3) is 23.6 Å². The largest absolute Gasteiger partial charge is 0.490 e. The summed E-state index contributed by atoms with van der Waals surface area (Å²) in [6.45, 7) is 29.3. The van der Waals surface area contributed by atoms with Crippen molar-refractivity contribution in [1.82, 2.24) is 70.4 Å². The number of aromatic nitrogens is 8. The van der Waals surface area contributed by atoms with E-state index in [9.17, 15) is 42.7 Å². The van der Waals surface area contributed by atoms with Crippen LogP contribution in [0.25, 0.3) is 91.4 Å². The van der Waals surface area contributed by atoms with Gasteiger partial charge in [0.2, 0.25) is 43.3 Å². The number of carbonyl (C=O) groups is 1. The Balaban J connectivity index is 0.000000142. The van der Waals surface area contributed by atoms with Crippen LogP contribution in [0.1, 0.15) is 245 Å². The Morgan fingerprint density at radius 3 is 1.04 bits per heavy atom. The number of benzene rings is 8. The van der Waals surface area contributed by atoms with Crippen LogP contribution < -0.4 is 39.0 Å². The third-order valence-electron chi connectivity index (χ3n) is 25.9. The van der Waals surface area contributed by atoms with Crippen LogP contribution in [0.2, 0.25) is 0 Å². The van der Waals surface area contributed by atoms with Gasteiger partial charge in [-0.15, -0.1) is 0 Å². The van der Waals surface area contributed by atoms with E-state index in [4.69, 9.17) is 37.0 Å². The maximum atomic E-state index is 12.9. The standard InChI is InChI=1S/C29H35N5O4S.C28H33N5O4S.C25H26N4O3.C25H28N4O2/c1-19(2)37-27-10-7-21(17-22(27)18-30)29-31-28(32-38-29)25-6-4-5-24-23(25)8-9-26(24)33-39(35,36)16-15-34-13-11-20(3)12-14-34;1-19(2)36-26-12-9-20(17-21(26)18-29)28-30-27(31-37-28)24-8-6-7-23-22(24)10-11-25(23)32-38(34,35)16-15-33-13-4-3-5-14-33;1-4-18(30)14-27-22-10-9-19-20(22)6-5-7-21(19)24-28-25(32-29-24)16-8-11-23(31-15(2)3)17(12-16)13-26;1-5-16(4)27-22-11-10-19-20(22)7-6-8-21(19)24-28-25(31-29-24)17-9-12-23(30-15(2)3)18(13-17)14-26/h4-7,10,17,19-20,26,33H,8-9,11-16H2,1-3H3;6-9,12,17,19,25,32H,3-5,10-11,13-16H2,1-2H3;5-8,11-12,15,22,27H,4,9-10,14H2,1-3H3;6-9,12-13,15-16,22,27H,5,10-11H2,1-4H3/t26-;25-;22-;16-,22-/m0010/s1. The molecule has 18 rings (SSSR count). The predicted octanol–water partition coefficient (Wildman–Crippen LogP) is 19.2. The number of carbonyl (C=O) groups excluding carboxylic acids is 1. The smallest absolute Gasteiger partial charge is 0.258 e. The minimum atomic E-state index is -3.43. The summed E-state index contributed by atoms with van der Waals surface area (Å²) in [6, 6.07) is 54.2. The number of nitrogens with one attached hydrogen (secondary N) is 4. The van der Waals surface area contributed by atoms with Gasteiger partial charge in [-0.1, -0.05) is 121 Å². The quantitative estimate of drug-likeness (QED) is 0.0297. The second kappa shape index (κ2) is 46.3. The molecule has 0 spiro atoms. The number of fused-ring (bicyclic) bond motifs is 4. The minimum Gasteiger partial charge on any atom is -0.490 e. The van der Waals surface area contributed by atoms with Gasteiger partial charge in [-0.3, -0.25) is 4.79 Å². The lowest BCUT2D eigenvalue weighted by Crippen LogP contribution is -2.39. The maximum absolute atomic E-state index is 12.9. The first kappa shape index (κ1) is 101. The topological polar surface area (TPSA) is 428 Å². The van der Waals surface area contributed by atoms with Crippen LogP contribution in [0.15, 0.2) is 164 Å². The van der Waals surface area contributed by atoms with Crippen LogP contribution in [0.4, 0.5) is 0 Å². The van der Waals surface area contributed by atoms with Crippen molar-refractivity contribution in [2.45, 2.75) is 234 Å². The molecule has 31 nitrogen and oxygen atoms in total. The number of Topliss-reactive ketones (excluding diaryl/α,β-unsaturated/α-hetero) is 1. The Morgan fingerprint density at radius 2 is 0.721 bits per heavy atom. The van der Waals surface area contributed by atoms with Gasteiger partial charge < -0.3 is 57.5 Å². The van der Waals surface area contributed by atoms with E-state index in [1.165, 1.54) is 28.7 Å². The van der Waals surface area contributed by atoms with Crippen molar-refractivity contribution in [1.29, 1.82) is 21.0 Å². The van der Waals surface area contributed by atoms with E-state index in [2.05, 4.69) is 140 Å². The lowest BCUT2D eigenvalue weighted by molar-refractivity contribution is -0.118. The molecule has 0 unspecified atom stereocenters. The average molecular weight is 1930 g/mol. The number of ketones is 1. The number of piperidine rings is 2. The van der Waals surface area contributed by atoms with E-state index in [1.807, 2.05) is 123 Å². The number of ether oxygens (including phenoxy) is 4. The number of likely N-dealkylation sites (tertiary alicyclic amines) is 2. The van der Waals surface area contributed by atoms with Gasteiger partial charge in [-0.05, 0) is 295 Å². The molecule has 6 aliphatic rings. The van der Waals surface area contributed by atoms with Gasteiger partial charge in [0.1, 0.15) is 53.1 Å². The van der Waals surface area contributed by atoms with Crippen molar-refractivity contribution in [3.8, 4) is 139 Å². The molecule has 140 heavy (non-hydrogen) atoms. The zero-order valence-electron chi connectivity index (χ0n) is 81.5. The fourth-order valence-electron chi connectivity index (χ4n) is 18.7. The first-order valence-corrected chi connectivity index (χ1v) is 52.0. The highest BCUT2D eigenvalue weighted by molar-refractivity contribution is 7.89. The molecular weight excluding hydrogens is 1810 g/mol. The third kappa shape index (κ3) is 25.2. The van der Waals surface area contributed by atoms with Gasteiger partial charge in [-0.2, -0.15) is 41.0 Å². The molecule has 0 saturated carbocycles. The molecule has 6 heterocycles. The van der Waals surface area contributed by atoms with E-state index in [1.54, 1.807) is 60.7 Å². The summed E-state index contributed by atoms with van der Waals surface area (Å²) in [7, 11) is -6.84. The average Bonchev–Trinajstić information content (AvgIpc) is 1.64. The molecule has 4 aromatic heterocycles. The number of rotatable bonds is 33. The number of hydrogen-bond donors (Lipinski definition) is 4. The summed E-state index contributed by atoms with van der Waals surface area (Å²) in [4.78, 5) is 34.7. The molecule has 0 radical (unpaired) electrons. The number of sulfonamides is 2. The van der Waals surface area contributed by atoms with Crippen molar-refractivity contribution in [3.05, 3.63) is 212 Å². The summed E-state index contributed by atoms with van der Waals surface area (Å²) < 4.78 is 103. The van der Waals surface area contributed by atoms with Crippen molar-refractivity contribution < 1.29 is 58.7 Å². The summed E-state index contributed by atoms with van der Waals surface area (Å²) in [6.07, 6.45) is 13.9. The molecule has 4 aliphatic carbocycles. The molecule has 8 aromatic carbocycles. The normalized spacial score (nSPS) is 16.9. The van der Waals surface area contributed by atoms with E-state index in [0.717, 1.165) is 134 Å². The summed E-state index contributed by atoms with van der Waals surface area (Å²) in [5.74, 6) is 6.58. The Morgan fingerprint density at radius 1 is 0.414 bits per heavy atom. The molecule has 2 fully saturated rings. The van der Waals surface area contributed by atoms with Crippen molar-refractivity contribution >= 4 is 25.8 Å². The second-order valence-corrected chi connectivity index (χ2v) is 41.3.